The third kappa shape index (κ3) is 3.10. The molecule has 0 bridgehead atoms. The lowest BCUT2D eigenvalue weighted by Gasteiger charge is -1.54. The van der Waals surface area contributed by atoms with Crippen LogP contribution in [-0.2, 0) is 0 Å². The number of terminal acetylenes is 1. The van der Waals surface area contributed by atoms with Gasteiger partial charge in [0, 0.05) is 6.08 Å². The van der Waals surface area contributed by atoms with Crippen molar-refractivity contribution in [2.24, 2.45) is 0 Å². The summed E-state index contributed by atoms with van der Waals surface area (Å²) in [5, 5.41) is 7.74. The van der Waals surface area contributed by atoms with Crippen LogP contribution in [0.1, 0.15) is 0 Å². The number of rotatable bonds is 0. The standard InChI is InChI=1S/C4H4O/c1-2-3-4-5/h1,3-5H. The highest BCUT2D eigenvalue weighted by atomic mass is 16.2. The van der Waals surface area contributed by atoms with Gasteiger partial charge in [-0.3, -0.25) is 0 Å². The zero-order chi connectivity index (χ0) is 4.12. The van der Waals surface area contributed by atoms with Crippen LogP contribution in [0.3, 0.4) is 0 Å². The molecule has 1 N–H and O–H groups in total. The molecule has 0 unspecified atom stereocenters. The molecule has 0 atom stereocenters. The molecule has 0 aliphatic carbocycles. The fourth-order valence-electron chi connectivity index (χ4n) is 0.0430. The maximum atomic E-state index is 7.74. The lowest BCUT2D eigenvalue weighted by molar-refractivity contribution is 0.474. The summed E-state index contributed by atoms with van der Waals surface area (Å²) in [7, 11) is 0. The van der Waals surface area contributed by atoms with E-state index in [0.29, 0.717) is 0 Å². The van der Waals surface area contributed by atoms with Crippen molar-refractivity contribution < 1.29 is 5.11 Å². The third-order valence-corrected chi connectivity index (χ3v) is 0.171. The van der Waals surface area contributed by atoms with Crippen LogP contribution in [0.5, 0.6) is 0 Å². The highest BCUT2D eigenvalue weighted by Gasteiger charge is 1.42. The van der Waals surface area contributed by atoms with Gasteiger partial charge < -0.3 is 5.11 Å². The van der Waals surface area contributed by atoms with Gasteiger partial charge in [0.1, 0.15) is 0 Å². The molecule has 1 heteroatoms. The summed E-state index contributed by atoms with van der Waals surface area (Å²) in [5.41, 5.74) is 0. The molecule has 0 aromatic heterocycles. The van der Waals surface area contributed by atoms with E-state index in [4.69, 9.17) is 5.11 Å². The highest BCUT2D eigenvalue weighted by molar-refractivity contribution is 5.05. The van der Waals surface area contributed by atoms with Crippen molar-refractivity contribution in [2.45, 2.75) is 0 Å². The first kappa shape index (κ1) is 4.10. The van der Waals surface area contributed by atoms with Gasteiger partial charge in [0.15, 0.2) is 0 Å². The number of aliphatic hydroxyl groups is 1. The monoisotopic (exact) mass is 68.0 g/mol. The van der Waals surface area contributed by atoms with E-state index < -0.39 is 0 Å². The van der Waals surface area contributed by atoms with Crippen LogP contribution in [0, 0.1) is 12.3 Å². The van der Waals surface area contributed by atoms with Crippen LogP contribution in [0.4, 0.5) is 0 Å². The highest BCUT2D eigenvalue weighted by Crippen LogP contribution is 1.53. The summed E-state index contributed by atoms with van der Waals surface area (Å²) in [6.07, 6.45) is 6.67. The van der Waals surface area contributed by atoms with Crippen LogP contribution in [0.2, 0.25) is 0 Å². The van der Waals surface area contributed by atoms with Crippen LogP contribution >= 0.6 is 0 Å². The van der Waals surface area contributed by atoms with Crippen LogP contribution < -0.4 is 0 Å². The van der Waals surface area contributed by atoms with Crippen molar-refractivity contribution in [3.05, 3.63) is 12.3 Å². The lowest BCUT2D eigenvalue weighted by Crippen LogP contribution is -1.42. The minimum atomic E-state index is 0.819. The molecule has 0 aromatic carbocycles. The first-order valence-corrected chi connectivity index (χ1v) is 1.17. The SMILES string of the molecule is C#CC=CO. The summed E-state index contributed by atoms with van der Waals surface area (Å²) in [4.78, 5) is 0. The largest absolute Gasteiger partial charge is 0.515 e. The average molecular weight is 68.1 g/mol. The molecule has 0 saturated heterocycles. The summed E-state index contributed by atoms with van der Waals surface area (Å²) < 4.78 is 0. The molecular formula is C4H4O. The molecule has 0 fully saturated rings. The van der Waals surface area contributed by atoms with Crippen LogP contribution in [0.15, 0.2) is 12.3 Å². The molecule has 0 rings (SSSR count). The van der Waals surface area contributed by atoms with Gasteiger partial charge in [-0.05, 0) is 0 Å². The molecule has 0 aliphatic heterocycles. The van der Waals surface area contributed by atoms with Gasteiger partial charge in [-0.15, -0.1) is 6.42 Å². The molecule has 0 radical (unpaired) electrons. The normalized spacial score (nSPS) is 7.80. The Labute approximate surface area is 30.9 Å². The van der Waals surface area contributed by atoms with E-state index in [1.54, 1.807) is 0 Å². The Bertz CT molecular complexity index is 66.2. The minimum Gasteiger partial charge on any atom is -0.515 e. The second-order valence-corrected chi connectivity index (χ2v) is 0.482. The third-order valence-electron chi connectivity index (χ3n) is 0.171. The van der Waals surface area contributed by atoms with Gasteiger partial charge in [0.25, 0.3) is 0 Å². The van der Waals surface area contributed by atoms with Gasteiger partial charge in [-0.2, -0.15) is 0 Å². The van der Waals surface area contributed by atoms with E-state index in [0.717, 1.165) is 6.26 Å². The molecule has 0 aliphatic rings. The van der Waals surface area contributed by atoms with E-state index in [1.807, 2.05) is 0 Å². The first-order valence-electron chi connectivity index (χ1n) is 1.17. The smallest absolute Gasteiger partial charge is 0.0875 e. The summed E-state index contributed by atoms with van der Waals surface area (Å²) in [6, 6.07) is 0. The van der Waals surface area contributed by atoms with Crippen LogP contribution in [0.25, 0.3) is 0 Å². The molecule has 0 heterocycles. The molecule has 1 nitrogen and oxygen atoms in total. The Morgan fingerprint density at radius 1 is 1.80 bits per heavy atom. The summed E-state index contributed by atoms with van der Waals surface area (Å²) >= 11 is 0. The van der Waals surface area contributed by atoms with Gasteiger partial charge in [-0.1, -0.05) is 5.92 Å². The van der Waals surface area contributed by atoms with Gasteiger partial charge >= 0.3 is 0 Å². The number of hydrogen-bond donors (Lipinski definition) is 1. The average Bonchev–Trinajstić information content (AvgIpc) is 1.41. The second kappa shape index (κ2) is 3.10. The van der Waals surface area contributed by atoms with E-state index in [2.05, 4.69) is 12.3 Å². The van der Waals surface area contributed by atoms with Crippen LogP contribution in [-0.4, -0.2) is 5.11 Å². The fourth-order valence-corrected chi connectivity index (χ4v) is 0.0430. The van der Waals surface area contributed by atoms with Gasteiger partial charge in [-0.25, -0.2) is 0 Å². The zero-order valence-electron chi connectivity index (χ0n) is 2.68. The number of aliphatic hydroxyl groups excluding tert-OH is 1. The van der Waals surface area contributed by atoms with Crippen molar-refractivity contribution in [3.8, 4) is 12.3 Å². The molecule has 0 aromatic rings. The molecule has 0 spiro atoms. The molecule has 26 valence electrons. The van der Waals surface area contributed by atoms with Crippen molar-refractivity contribution in [2.75, 3.05) is 0 Å². The second-order valence-electron chi connectivity index (χ2n) is 0.482. The Kier molecular flexibility index (Phi) is 2.54. The quantitative estimate of drug-likeness (QED) is 0.327. The number of hydrogen-bond acceptors (Lipinski definition) is 1. The van der Waals surface area contributed by atoms with Crippen molar-refractivity contribution in [3.63, 3.8) is 0 Å². The van der Waals surface area contributed by atoms with Crippen molar-refractivity contribution in [1.29, 1.82) is 0 Å². The minimum absolute atomic E-state index is 0.819. The zero-order valence-corrected chi connectivity index (χ0v) is 2.68. The Hall–Kier alpha value is -0.900. The van der Waals surface area contributed by atoms with Gasteiger partial charge in [0.2, 0.25) is 0 Å². The topological polar surface area (TPSA) is 20.2 Å². The molecule has 5 heavy (non-hydrogen) atoms. The lowest BCUT2D eigenvalue weighted by atomic mass is 10.7. The van der Waals surface area contributed by atoms with Crippen molar-refractivity contribution >= 4 is 0 Å². The molecular weight excluding hydrogens is 64.0 g/mol. The van der Waals surface area contributed by atoms with E-state index in [-0.39, 0.29) is 0 Å². The van der Waals surface area contributed by atoms with E-state index in [1.165, 1.54) is 6.08 Å². The van der Waals surface area contributed by atoms with E-state index in [9.17, 15) is 0 Å². The molecule has 0 amide bonds. The maximum absolute atomic E-state index is 7.74. The van der Waals surface area contributed by atoms with Gasteiger partial charge in [0.05, 0.1) is 6.26 Å². The summed E-state index contributed by atoms with van der Waals surface area (Å²) in [6.45, 7) is 0. The first-order chi connectivity index (χ1) is 2.41. The predicted octanol–water partition coefficient (Wildman–Crippen LogP) is 0.691. The van der Waals surface area contributed by atoms with E-state index >= 15 is 0 Å². The summed E-state index contributed by atoms with van der Waals surface area (Å²) in [5.74, 6) is 2.09. The fraction of sp³-hybridized carbons (Fsp3) is 0. The predicted molar refractivity (Wildman–Crippen MR) is 20.6 cm³/mol. The maximum Gasteiger partial charge on any atom is 0.0875 e. The van der Waals surface area contributed by atoms with Crippen molar-refractivity contribution in [1.82, 2.24) is 0 Å². The molecule has 0 saturated carbocycles. The Morgan fingerprint density at radius 3 is 2.40 bits per heavy atom. The Morgan fingerprint density at radius 2 is 2.40 bits per heavy atom. The Balaban J connectivity index is 3.04. The number of allylic oxidation sites excluding steroid dienone is 1.